The van der Waals surface area contributed by atoms with Crippen LogP contribution < -0.4 is 25.1 Å². The maximum Gasteiger partial charge on any atom is 0.262 e. The summed E-state index contributed by atoms with van der Waals surface area (Å²) < 4.78 is 21.0. The molecule has 2 aliphatic rings. The van der Waals surface area contributed by atoms with Crippen LogP contribution in [0, 0.1) is 0 Å². The van der Waals surface area contributed by atoms with E-state index in [0.717, 1.165) is 40.6 Å². The number of imide groups is 1. The van der Waals surface area contributed by atoms with Crippen molar-refractivity contribution in [2.45, 2.75) is 51.4 Å². The van der Waals surface area contributed by atoms with Crippen LogP contribution in [0.15, 0.2) is 78.3 Å². The first-order valence-electron chi connectivity index (χ1n) is 18.0. The Bertz CT molecular complexity index is 2360. The topological polar surface area (TPSA) is 163 Å². The summed E-state index contributed by atoms with van der Waals surface area (Å²) in [4.78, 5) is 58.1. The second-order valence-electron chi connectivity index (χ2n) is 13.8. The third-order valence-corrected chi connectivity index (χ3v) is 9.95. The smallest absolute Gasteiger partial charge is 0.262 e. The molecule has 2 aliphatic heterocycles. The Morgan fingerprint density at radius 1 is 0.927 bits per heavy atom. The van der Waals surface area contributed by atoms with Gasteiger partial charge in [-0.3, -0.25) is 38.6 Å². The zero-order valence-corrected chi connectivity index (χ0v) is 31.2. The van der Waals surface area contributed by atoms with E-state index >= 15 is 0 Å². The number of carbonyl (C=O) groups excluding carboxylic acids is 3. The van der Waals surface area contributed by atoms with Gasteiger partial charge in [0.2, 0.25) is 5.91 Å². The Balaban J connectivity index is 0.921. The van der Waals surface area contributed by atoms with Crippen LogP contribution in [0.5, 0.6) is 17.2 Å². The van der Waals surface area contributed by atoms with E-state index < -0.39 is 17.9 Å². The number of carbonyl (C=O) groups is 3. The van der Waals surface area contributed by atoms with Crippen LogP contribution in [-0.2, 0) is 31.5 Å². The fraction of sp³-hybridized carbons (Fsp3) is 0.325. The van der Waals surface area contributed by atoms with Gasteiger partial charge in [-0.1, -0.05) is 11.8 Å². The maximum absolute atomic E-state index is 13.2. The summed E-state index contributed by atoms with van der Waals surface area (Å²) in [6.07, 6.45) is 9.09. The molecule has 3 amide bonds. The number of fused-ring (bicyclic) bond motifs is 2. The van der Waals surface area contributed by atoms with Gasteiger partial charge in [0, 0.05) is 69.2 Å². The molecule has 0 radical (unpaired) electrons. The van der Waals surface area contributed by atoms with Crippen molar-refractivity contribution in [1.29, 1.82) is 0 Å². The minimum absolute atomic E-state index is 0.115. The van der Waals surface area contributed by atoms with E-state index in [2.05, 4.69) is 32.1 Å². The summed E-state index contributed by atoms with van der Waals surface area (Å²) in [5, 5.41) is 12.7. The molecule has 15 heteroatoms. The quantitative estimate of drug-likeness (QED) is 0.129. The number of amides is 3. The molecule has 0 bridgehead atoms. The predicted octanol–water partition coefficient (Wildman–Crippen LogP) is 4.09. The predicted molar refractivity (Wildman–Crippen MR) is 203 cm³/mol. The third kappa shape index (κ3) is 7.42. The van der Waals surface area contributed by atoms with Crippen molar-refractivity contribution in [1.82, 2.24) is 39.7 Å². The number of unbranched alkanes of at least 4 members (excludes halogenated alkanes) is 1. The van der Waals surface area contributed by atoms with Gasteiger partial charge >= 0.3 is 0 Å². The van der Waals surface area contributed by atoms with Crippen LogP contribution in [0.25, 0.3) is 21.9 Å². The van der Waals surface area contributed by atoms with Crippen LogP contribution in [0.3, 0.4) is 0 Å². The summed E-state index contributed by atoms with van der Waals surface area (Å²) in [5.74, 6) is 0.841. The first kappa shape index (κ1) is 37.0. The summed E-state index contributed by atoms with van der Waals surface area (Å²) in [5.41, 5.74) is 4.24. The lowest BCUT2D eigenvalue weighted by atomic mass is 9.99. The average molecular weight is 747 g/mol. The second kappa shape index (κ2) is 15.6. The van der Waals surface area contributed by atoms with Crippen LogP contribution in [0.1, 0.15) is 57.7 Å². The molecule has 1 N–H and O–H groups in total. The van der Waals surface area contributed by atoms with Gasteiger partial charge in [0.1, 0.15) is 17.2 Å². The van der Waals surface area contributed by atoms with Gasteiger partial charge in [-0.25, -0.2) is 0 Å². The van der Waals surface area contributed by atoms with Gasteiger partial charge in [0.25, 0.3) is 17.4 Å². The lowest BCUT2D eigenvalue weighted by Gasteiger charge is -2.31. The number of methoxy groups -OCH3 is 2. The highest BCUT2D eigenvalue weighted by Crippen LogP contribution is 2.38. The first-order chi connectivity index (χ1) is 26.6. The molecule has 2 aromatic carbocycles. The monoisotopic (exact) mass is 746 g/mol. The largest absolute Gasteiger partial charge is 0.496 e. The minimum atomic E-state index is -0.572. The van der Waals surface area contributed by atoms with E-state index in [0.29, 0.717) is 66.6 Å². The fourth-order valence-corrected chi connectivity index (χ4v) is 7.19. The van der Waals surface area contributed by atoms with Crippen molar-refractivity contribution in [3.05, 3.63) is 106 Å². The first-order valence-corrected chi connectivity index (χ1v) is 18.0. The number of rotatable bonds is 14. The Labute approximate surface area is 317 Å². The SMILES string of the molecule is C=C1NC(=O)CCC1N1C(=O)c2ccc(OCCCCn3cc(CN(C)Cc4c(OC)cc(-c5cn(C)c(=O)c6cnccc56)cc4OC)nn3)cc2C1=O. The normalized spacial score (nSPS) is 15.5. The summed E-state index contributed by atoms with van der Waals surface area (Å²) in [6, 6.07) is 10.1. The molecule has 1 fully saturated rings. The molecule has 5 heterocycles. The number of ether oxygens (including phenoxy) is 3. The van der Waals surface area contributed by atoms with Crippen molar-refractivity contribution in [2.75, 3.05) is 27.9 Å². The molecule has 7 rings (SSSR count). The molecule has 55 heavy (non-hydrogen) atoms. The molecule has 284 valence electrons. The summed E-state index contributed by atoms with van der Waals surface area (Å²) >= 11 is 0. The van der Waals surface area contributed by atoms with Crippen LogP contribution >= 0.6 is 0 Å². The van der Waals surface area contributed by atoms with E-state index in [-0.39, 0.29) is 23.5 Å². The van der Waals surface area contributed by atoms with Gasteiger partial charge in [-0.2, -0.15) is 0 Å². The Morgan fingerprint density at radius 2 is 1.69 bits per heavy atom. The average Bonchev–Trinajstić information content (AvgIpc) is 3.72. The van der Waals surface area contributed by atoms with Gasteiger partial charge in [0.05, 0.1) is 54.6 Å². The fourth-order valence-electron chi connectivity index (χ4n) is 7.19. The van der Waals surface area contributed by atoms with Crippen LogP contribution in [0.4, 0.5) is 0 Å². The van der Waals surface area contributed by atoms with E-state index in [1.54, 1.807) is 56.4 Å². The van der Waals surface area contributed by atoms with Gasteiger partial charge in [0.15, 0.2) is 0 Å². The number of nitrogens with zero attached hydrogens (tertiary/aromatic N) is 7. The zero-order valence-electron chi connectivity index (χ0n) is 31.2. The molecular formula is C40H42N8O7. The van der Waals surface area contributed by atoms with Gasteiger partial charge < -0.3 is 24.1 Å². The molecular weight excluding hydrogens is 704 g/mol. The number of hydrogen-bond donors (Lipinski definition) is 1. The van der Waals surface area contributed by atoms with Crippen molar-refractivity contribution < 1.29 is 28.6 Å². The number of nitrogens with one attached hydrogen (secondary N) is 1. The highest BCUT2D eigenvalue weighted by atomic mass is 16.5. The van der Waals surface area contributed by atoms with Crippen LogP contribution in [-0.4, -0.2) is 86.0 Å². The summed E-state index contributed by atoms with van der Waals surface area (Å²) in [6.45, 7) is 5.97. The van der Waals surface area contributed by atoms with Crippen molar-refractivity contribution in [3.8, 4) is 28.4 Å². The number of aryl methyl sites for hydroxylation is 2. The molecule has 0 spiro atoms. The number of piperidine rings is 1. The molecule has 15 nitrogen and oxygen atoms in total. The van der Waals surface area contributed by atoms with E-state index in [4.69, 9.17) is 14.2 Å². The molecule has 0 saturated carbocycles. The molecule has 1 unspecified atom stereocenters. The minimum Gasteiger partial charge on any atom is -0.496 e. The van der Waals surface area contributed by atoms with Crippen molar-refractivity contribution >= 4 is 28.5 Å². The van der Waals surface area contributed by atoms with Gasteiger partial charge in [-0.15, -0.1) is 5.10 Å². The van der Waals surface area contributed by atoms with E-state index in [1.807, 2.05) is 42.3 Å². The number of hydrogen-bond acceptors (Lipinski definition) is 11. The zero-order chi connectivity index (χ0) is 38.8. The Kier molecular flexibility index (Phi) is 10.5. The molecule has 1 atom stereocenters. The second-order valence-corrected chi connectivity index (χ2v) is 13.8. The molecule has 0 aliphatic carbocycles. The molecule has 3 aromatic heterocycles. The lowest BCUT2D eigenvalue weighted by molar-refractivity contribution is -0.121. The Morgan fingerprint density at radius 3 is 2.44 bits per heavy atom. The standard InChI is InChI=1S/C40H42N8O7/c1-24-34(10-11-37(49)42-24)48-39(51)29-9-8-27(18-30(29)40(48)52)55-15-7-6-14-47-21-26(43-44-47)20-45(2)22-33-35(53-4)16-25(17-36(33)54-5)32-23-46(3)38(50)31-19-41-13-12-28(31)32/h8-9,12-13,16-19,21,23,34H,1,6-7,10-11,14-15,20,22H2,2-5H3,(H,42,49). The van der Waals surface area contributed by atoms with E-state index in [9.17, 15) is 19.2 Å². The van der Waals surface area contributed by atoms with Crippen molar-refractivity contribution in [2.24, 2.45) is 7.05 Å². The lowest BCUT2D eigenvalue weighted by Crippen LogP contribution is -2.48. The molecule has 1 saturated heterocycles. The van der Waals surface area contributed by atoms with Crippen molar-refractivity contribution in [3.63, 3.8) is 0 Å². The van der Waals surface area contributed by atoms with Gasteiger partial charge in [-0.05, 0) is 73.7 Å². The number of benzene rings is 2. The third-order valence-electron chi connectivity index (χ3n) is 9.95. The van der Waals surface area contributed by atoms with E-state index in [1.165, 1.54) is 4.90 Å². The summed E-state index contributed by atoms with van der Waals surface area (Å²) in [7, 11) is 6.97. The molecule has 5 aromatic rings. The number of pyridine rings is 2. The Hall–Kier alpha value is -6.35. The number of aromatic nitrogens is 5. The highest BCUT2D eigenvalue weighted by molar-refractivity contribution is 6.22. The van der Waals surface area contributed by atoms with Crippen LogP contribution in [0.2, 0.25) is 0 Å². The maximum atomic E-state index is 13.2. The highest BCUT2D eigenvalue weighted by Gasteiger charge is 2.42.